The molecule has 11 heavy (non-hydrogen) atoms. The molecule has 0 spiro atoms. The van der Waals surface area contributed by atoms with Crippen LogP contribution in [-0.2, 0) is 10.1 Å². The fourth-order valence-corrected chi connectivity index (χ4v) is 1.96. The molecular weight excluding hydrogens is 177 g/mol. The van der Waals surface area contributed by atoms with Crippen molar-refractivity contribution in [2.24, 2.45) is 5.92 Å². The zero-order valence-corrected chi connectivity index (χ0v) is 8.97. The number of hydrogen-bond donors (Lipinski definition) is 0. The van der Waals surface area contributed by atoms with Crippen molar-refractivity contribution in [3.05, 3.63) is 0 Å². The summed E-state index contributed by atoms with van der Waals surface area (Å²) in [7, 11) is -4.10. The third-order valence-corrected chi connectivity index (χ3v) is 2.90. The van der Waals surface area contributed by atoms with Gasteiger partial charge in [0, 0.05) is 6.42 Å². The molecule has 0 N–H and O–H groups in total. The smallest absolute Gasteiger partial charge is 0.748 e. The van der Waals surface area contributed by atoms with Crippen molar-refractivity contribution < 1.29 is 42.5 Å². The van der Waals surface area contributed by atoms with Crippen LogP contribution in [0.15, 0.2) is 0 Å². The molecule has 4 nitrogen and oxygen atoms in total. The average molecular weight is 183 g/mol. The van der Waals surface area contributed by atoms with Crippen LogP contribution in [0, 0.1) is 17.2 Å². The molecule has 1 saturated carbocycles. The van der Waals surface area contributed by atoms with Crippen LogP contribution in [0.3, 0.4) is 0 Å². The Kier molecular flexibility index (Phi) is 4.02. The largest absolute Gasteiger partial charge is 1.00 e. The summed E-state index contributed by atoms with van der Waals surface area (Å²) in [5.41, 5.74) is 0. The molecule has 0 radical (unpaired) electrons. The molecule has 6 heteroatoms. The molecule has 1 rings (SSSR count). The van der Waals surface area contributed by atoms with E-state index in [0.29, 0.717) is 6.42 Å². The van der Waals surface area contributed by atoms with Gasteiger partial charge in [0.2, 0.25) is 0 Å². The average Bonchev–Trinajstić information content (AvgIpc) is 2.44. The Morgan fingerprint density at radius 1 is 1.64 bits per heavy atom. The van der Waals surface area contributed by atoms with Crippen LogP contribution >= 0.6 is 0 Å². The predicted octanol–water partition coefficient (Wildman–Crippen LogP) is -3.16. The summed E-state index contributed by atoms with van der Waals surface area (Å²) in [4.78, 5) is 0. The second kappa shape index (κ2) is 3.87. The van der Waals surface area contributed by atoms with E-state index in [1.165, 1.54) is 0 Å². The minimum atomic E-state index is -4.10. The molecule has 0 aromatic carbocycles. The van der Waals surface area contributed by atoms with E-state index in [2.05, 4.69) is 0 Å². The van der Waals surface area contributed by atoms with Crippen molar-refractivity contribution in [3.63, 3.8) is 0 Å². The van der Waals surface area contributed by atoms with Gasteiger partial charge in [0.15, 0.2) is 0 Å². The topological polar surface area (TPSA) is 81.0 Å². The van der Waals surface area contributed by atoms with Gasteiger partial charge in [0.05, 0.1) is 21.4 Å². The van der Waals surface area contributed by atoms with Crippen LogP contribution in [0.4, 0.5) is 0 Å². The molecule has 0 amide bonds. The van der Waals surface area contributed by atoms with E-state index in [0.717, 1.165) is 0 Å². The Morgan fingerprint density at radius 3 is 2.45 bits per heavy atom. The first-order chi connectivity index (χ1) is 4.55. The normalized spacial score (nSPS) is 28.4. The molecule has 0 bridgehead atoms. The first kappa shape index (κ1) is 11.4. The standard InChI is InChI=1S/C5H7NO3S.Na/c6-2-1-4-3-5(4)10(7,8)9;/h4-5H,1,3H2,(H,7,8,9);/q;+1/p-1. The van der Waals surface area contributed by atoms with Crippen molar-refractivity contribution in [1.82, 2.24) is 0 Å². The van der Waals surface area contributed by atoms with Crippen LogP contribution in [-0.4, -0.2) is 18.2 Å². The van der Waals surface area contributed by atoms with Gasteiger partial charge < -0.3 is 4.55 Å². The van der Waals surface area contributed by atoms with E-state index in [9.17, 15) is 13.0 Å². The van der Waals surface area contributed by atoms with E-state index >= 15 is 0 Å². The van der Waals surface area contributed by atoms with Crippen molar-refractivity contribution in [3.8, 4) is 6.07 Å². The number of nitrogens with zero attached hydrogens (tertiary/aromatic N) is 1. The summed E-state index contributed by atoms with van der Waals surface area (Å²) < 4.78 is 30.6. The quantitative estimate of drug-likeness (QED) is 0.334. The first-order valence-corrected chi connectivity index (χ1v) is 4.34. The molecule has 1 fully saturated rings. The maximum absolute atomic E-state index is 10.2. The summed E-state index contributed by atoms with van der Waals surface area (Å²) in [5, 5.41) is 7.34. The van der Waals surface area contributed by atoms with Crippen LogP contribution < -0.4 is 29.6 Å². The van der Waals surface area contributed by atoms with Crippen LogP contribution in [0.1, 0.15) is 12.8 Å². The molecule has 2 atom stereocenters. The zero-order valence-electron chi connectivity index (χ0n) is 6.15. The van der Waals surface area contributed by atoms with Gasteiger partial charge in [-0.1, -0.05) is 0 Å². The van der Waals surface area contributed by atoms with Crippen molar-refractivity contribution in [1.29, 1.82) is 5.26 Å². The SMILES string of the molecule is N#CCC1CC1S(=O)(=O)[O-].[Na+]. The Bertz CT molecular complexity index is 268. The van der Waals surface area contributed by atoms with E-state index < -0.39 is 15.4 Å². The molecule has 56 valence electrons. The van der Waals surface area contributed by atoms with Crippen LogP contribution in [0.25, 0.3) is 0 Å². The predicted molar refractivity (Wildman–Crippen MR) is 31.8 cm³/mol. The maximum Gasteiger partial charge on any atom is 1.00 e. The summed E-state index contributed by atoms with van der Waals surface area (Å²) >= 11 is 0. The van der Waals surface area contributed by atoms with Gasteiger partial charge in [-0.3, -0.25) is 0 Å². The summed E-state index contributed by atoms with van der Waals surface area (Å²) in [6, 6.07) is 1.83. The van der Waals surface area contributed by atoms with Crippen LogP contribution in [0.2, 0.25) is 0 Å². The zero-order chi connectivity index (χ0) is 7.78. The first-order valence-electron chi connectivity index (χ1n) is 2.87. The van der Waals surface area contributed by atoms with Gasteiger partial charge in [-0.25, -0.2) is 8.42 Å². The number of nitriles is 1. The van der Waals surface area contributed by atoms with Gasteiger partial charge in [0.25, 0.3) is 0 Å². The van der Waals surface area contributed by atoms with Crippen molar-refractivity contribution in [2.75, 3.05) is 0 Å². The molecule has 1 aliphatic rings. The second-order valence-corrected chi connectivity index (χ2v) is 3.98. The van der Waals surface area contributed by atoms with Gasteiger partial charge >= 0.3 is 29.6 Å². The number of rotatable bonds is 2. The molecular formula is C5H6NNaO3S. The molecule has 0 aromatic rings. The maximum atomic E-state index is 10.2. The van der Waals surface area contributed by atoms with Crippen molar-refractivity contribution in [2.45, 2.75) is 18.1 Å². The minimum Gasteiger partial charge on any atom is -0.748 e. The summed E-state index contributed by atoms with van der Waals surface area (Å²) in [6.07, 6.45) is 0.561. The Hall–Kier alpha value is 0.400. The monoisotopic (exact) mass is 183 g/mol. The molecule has 0 saturated heterocycles. The molecule has 2 unspecified atom stereocenters. The number of hydrogen-bond acceptors (Lipinski definition) is 4. The van der Waals surface area contributed by atoms with Gasteiger partial charge in [0.1, 0.15) is 0 Å². The molecule has 1 aliphatic carbocycles. The van der Waals surface area contributed by atoms with E-state index in [1.807, 2.05) is 6.07 Å². The fourth-order valence-electron chi connectivity index (χ4n) is 0.905. The molecule has 0 aromatic heterocycles. The van der Waals surface area contributed by atoms with E-state index in [-0.39, 0.29) is 41.9 Å². The van der Waals surface area contributed by atoms with Gasteiger partial charge in [-0.05, 0) is 12.3 Å². The Balaban J connectivity index is 0.000001000. The third-order valence-electron chi connectivity index (χ3n) is 1.58. The summed E-state index contributed by atoms with van der Waals surface area (Å²) in [5.74, 6) is -0.188. The Labute approximate surface area is 87.6 Å². The van der Waals surface area contributed by atoms with Crippen LogP contribution in [0.5, 0.6) is 0 Å². The Morgan fingerprint density at radius 2 is 2.18 bits per heavy atom. The fraction of sp³-hybridized carbons (Fsp3) is 0.800. The van der Waals surface area contributed by atoms with Gasteiger partial charge in [-0.2, -0.15) is 5.26 Å². The second-order valence-electron chi connectivity index (χ2n) is 2.39. The molecule has 0 aliphatic heterocycles. The summed E-state index contributed by atoms with van der Waals surface area (Å²) in [6.45, 7) is 0. The van der Waals surface area contributed by atoms with E-state index in [1.54, 1.807) is 0 Å². The van der Waals surface area contributed by atoms with Crippen molar-refractivity contribution >= 4 is 10.1 Å². The third kappa shape index (κ3) is 3.09. The van der Waals surface area contributed by atoms with E-state index in [4.69, 9.17) is 5.26 Å². The minimum absolute atomic E-state index is 0. The molecule has 0 heterocycles. The van der Waals surface area contributed by atoms with Gasteiger partial charge in [-0.15, -0.1) is 0 Å².